The van der Waals surface area contributed by atoms with E-state index in [2.05, 4.69) is 15.6 Å². The first kappa shape index (κ1) is 11.2. The monoisotopic (exact) mass is 230 g/mol. The molecule has 88 valence electrons. The average molecular weight is 230 g/mol. The highest BCUT2D eigenvalue weighted by Crippen LogP contribution is 2.18. The summed E-state index contributed by atoms with van der Waals surface area (Å²) in [6, 6.07) is 7.58. The van der Waals surface area contributed by atoms with Crippen LogP contribution in [0.5, 0.6) is 0 Å². The minimum Gasteiger partial charge on any atom is -0.358 e. The Bertz CT molecular complexity index is 533. The molecule has 0 bridgehead atoms. The molecule has 2 rings (SSSR count). The minimum absolute atomic E-state index is 0.0818. The predicted octanol–water partition coefficient (Wildman–Crippen LogP) is 1.87. The summed E-state index contributed by atoms with van der Waals surface area (Å²) in [4.78, 5) is 15.2. The molecule has 0 aliphatic heterocycles. The van der Waals surface area contributed by atoms with Crippen LogP contribution in [0.3, 0.4) is 0 Å². The van der Waals surface area contributed by atoms with Gasteiger partial charge in [-0.05, 0) is 18.2 Å². The molecule has 5 heteroatoms. The van der Waals surface area contributed by atoms with E-state index in [9.17, 15) is 4.79 Å². The van der Waals surface area contributed by atoms with Gasteiger partial charge in [0.1, 0.15) is 0 Å². The third-order valence-corrected chi connectivity index (χ3v) is 2.31. The summed E-state index contributed by atoms with van der Waals surface area (Å²) < 4.78 is 1.91. The number of nitrogens with zero attached hydrogens (tertiary/aromatic N) is 2. The first-order valence-corrected chi connectivity index (χ1v) is 5.30. The summed E-state index contributed by atoms with van der Waals surface area (Å²) in [6.07, 6.45) is 3.58. The predicted molar refractivity (Wildman–Crippen MR) is 67.4 cm³/mol. The number of imidazole rings is 1. The van der Waals surface area contributed by atoms with Gasteiger partial charge in [-0.1, -0.05) is 6.07 Å². The van der Waals surface area contributed by atoms with Crippen molar-refractivity contribution in [3.8, 4) is 5.69 Å². The number of carbonyl (C=O) groups is 1. The van der Waals surface area contributed by atoms with Crippen LogP contribution in [0.1, 0.15) is 6.92 Å². The third kappa shape index (κ3) is 2.44. The summed E-state index contributed by atoms with van der Waals surface area (Å²) in [7, 11) is 1.82. The molecule has 1 aromatic carbocycles. The van der Waals surface area contributed by atoms with Crippen molar-refractivity contribution in [3.63, 3.8) is 0 Å². The van der Waals surface area contributed by atoms with Crippen molar-refractivity contribution < 1.29 is 4.79 Å². The lowest BCUT2D eigenvalue weighted by Crippen LogP contribution is -2.06. The van der Waals surface area contributed by atoms with Gasteiger partial charge in [0.2, 0.25) is 11.9 Å². The molecule has 0 atom stereocenters. The summed E-state index contributed by atoms with van der Waals surface area (Å²) in [6.45, 7) is 1.49. The SMILES string of the molecule is CNc1nccn1-c1cccc(NC(C)=O)c1. The number of nitrogens with one attached hydrogen (secondary N) is 2. The first-order valence-electron chi connectivity index (χ1n) is 5.30. The fraction of sp³-hybridized carbons (Fsp3) is 0.167. The molecular formula is C12H14N4O. The normalized spacial score (nSPS) is 10.0. The van der Waals surface area contributed by atoms with Crippen molar-refractivity contribution in [3.05, 3.63) is 36.7 Å². The maximum Gasteiger partial charge on any atom is 0.221 e. The minimum atomic E-state index is -0.0818. The largest absolute Gasteiger partial charge is 0.358 e. The van der Waals surface area contributed by atoms with Crippen LogP contribution in [0.4, 0.5) is 11.6 Å². The Labute approximate surface area is 99.5 Å². The second kappa shape index (κ2) is 4.69. The number of carbonyl (C=O) groups excluding carboxylic acids is 1. The molecule has 0 aliphatic carbocycles. The number of hydrogen-bond donors (Lipinski definition) is 2. The van der Waals surface area contributed by atoms with Crippen molar-refractivity contribution in [2.45, 2.75) is 6.92 Å². The molecule has 2 N–H and O–H groups in total. The fourth-order valence-corrected chi connectivity index (χ4v) is 1.63. The van der Waals surface area contributed by atoms with E-state index in [0.29, 0.717) is 0 Å². The van der Waals surface area contributed by atoms with Gasteiger partial charge in [-0.3, -0.25) is 9.36 Å². The van der Waals surface area contributed by atoms with Gasteiger partial charge in [0.25, 0.3) is 0 Å². The zero-order valence-corrected chi connectivity index (χ0v) is 9.77. The van der Waals surface area contributed by atoms with E-state index < -0.39 is 0 Å². The van der Waals surface area contributed by atoms with Crippen LogP contribution in [0.2, 0.25) is 0 Å². The Morgan fingerprint density at radius 3 is 2.94 bits per heavy atom. The quantitative estimate of drug-likeness (QED) is 0.846. The van der Waals surface area contributed by atoms with Crippen molar-refractivity contribution in [1.29, 1.82) is 0 Å². The van der Waals surface area contributed by atoms with Crippen molar-refractivity contribution in [2.75, 3.05) is 17.7 Å². The maximum absolute atomic E-state index is 11.0. The van der Waals surface area contributed by atoms with E-state index in [4.69, 9.17) is 0 Å². The summed E-state index contributed by atoms with van der Waals surface area (Å²) in [5.41, 5.74) is 1.71. The molecule has 2 aromatic rings. The Morgan fingerprint density at radius 1 is 1.41 bits per heavy atom. The van der Waals surface area contributed by atoms with Crippen LogP contribution >= 0.6 is 0 Å². The number of rotatable bonds is 3. The van der Waals surface area contributed by atoms with Gasteiger partial charge in [-0.25, -0.2) is 4.98 Å². The topological polar surface area (TPSA) is 59.0 Å². The third-order valence-electron chi connectivity index (χ3n) is 2.31. The standard InChI is InChI=1S/C12H14N4O/c1-9(17)15-10-4-3-5-11(8-10)16-7-6-14-12(16)13-2/h3-8H,1-2H3,(H,13,14)(H,15,17). The molecule has 0 saturated heterocycles. The summed E-state index contributed by atoms with van der Waals surface area (Å²) in [5, 5.41) is 5.75. The molecule has 0 radical (unpaired) electrons. The van der Waals surface area contributed by atoms with Gasteiger partial charge in [-0.2, -0.15) is 0 Å². The molecule has 17 heavy (non-hydrogen) atoms. The average Bonchev–Trinajstić information content (AvgIpc) is 2.76. The van der Waals surface area contributed by atoms with Gasteiger partial charge in [0.05, 0.1) is 5.69 Å². The molecule has 1 heterocycles. The lowest BCUT2D eigenvalue weighted by atomic mass is 10.2. The second-order valence-corrected chi connectivity index (χ2v) is 3.60. The Kier molecular flexibility index (Phi) is 3.09. The van der Waals surface area contributed by atoms with Gasteiger partial charge >= 0.3 is 0 Å². The van der Waals surface area contributed by atoms with E-state index in [1.165, 1.54) is 6.92 Å². The fourth-order valence-electron chi connectivity index (χ4n) is 1.63. The summed E-state index contributed by atoms with van der Waals surface area (Å²) in [5.74, 6) is 0.673. The molecule has 1 amide bonds. The van der Waals surface area contributed by atoms with Gasteiger partial charge < -0.3 is 10.6 Å². The number of amides is 1. The Hall–Kier alpha value is -2.30. The molecule has 0 spiro atoms. The smallest absolute Gasteiger partial charge is 0.221 e. The van der Waals surface area contributed by atoms with E-state index >= 15 is 0 Å². The highest BCUT2D eigenvalue weighted by atomic mass is 16.1. The first-order chi connectivity index (χ1) is 8.20. The van der Waals surface area contributed by atoms with Crippen LogP contribution in [0.25, 0.3) is 5.69 Å². The summed E-state index contributed by atoms with van der Waals surface area (Å²) >= 11 is 0. The molecule has 0 saturated carbocycles. The van der Waals surface area contributed by atoms with E-state index in [0.717, 1.165) is 17.3 Å². The van der Waals surface area contributed by atoms with Crippen molar-refractivity contribution >= 4 is 17.5 Å². The molecule has 1 aromatic heterocycles. The van der Waals surface area contributed by atoms with E-state index in [-0.39, 0.29) is 5.91 Å². The molecule has 0 fully saturated rings. The van der Waals surface area contributed by atoms with Crippen LogP contribution in [0.15, 0.2) is 36.7 Å². The number of benzene rings is 1. The van der Waals surface area contributed by atoms with E-state index in [1.54, 1.807) is 6.20 Å². The number of aromatic nitrogens is 2. The zero-order chi connectivity index (χ0) is 12.3. The molecule has 0 aliphatic rings. The lowest BCUT2D eigenvalue weighted by molar-refractivity contribution is -0.114. The van der Waals surface area contributed by atoms with Crippen molar-refractivity contribution in [1.82, 2.24) is 9.55 Å². The molecule has 5 nitrogen and oxygen atoms in total. The maximum atomic E-state index is 11.0. The van der Waals surface area contributed by atoms with Gasteiger partial charge in [0, 0.05) is 32.1 Å². The van der Waals surface area contributed by atoms with Crippen molar-refractivity contribution in [2.24, 2.45) is 0 Å². The van der Waals surface area contributed by atoms with Crippen LogP contribution in [0, 0.1) is 0 Å². The molecular weight excluding hydrogens is 216 g/mol. The lowest BCUT2D eigenvalue weighted by Gasteiger charge is -2.09. The van der Waals surface area contributed by atoms with Gasteiger partial charge in [-0.15, -0.1) is 0 Å². The van der Waals surface area contributed by atoms with E-state index in [1.807, 2.05) is 42.1 Å². The van der Waals surface area contributed by atoms with Crippen LogP contribution in [-0.2, 0) is 4.79 Å². The second-order valence-electron chi connectivity index (χ2n) is 3.60. The number of hydrogen-bond acceptors (Lipinski definition) is 3. The van der Waals surface area contributed by atoms with Gasteiger partial charge in [0.15, 0.2) is 0 Å². The Morgan fingerprint density at radius 2 is 2.24 bits per heavy atom. The Balaban J connectivity index is 2.36. The zero-order valence-electron chi connectivity index (χ0n) is 9.77. The number of anilines is 2. The molecule has 0 unspecified atom stereocenters. The highest BCUT2D eigenvalue weighted by molar-refractivity contribution is 5.88. The highest BCUT2D eigenvalue weighted by Gasteiger charge is 2.04. The van der Waals surface area contributed by atoms with Crippen LogP contribution in [-0.4, -0.2) is 22.5 Å². The van der Waals surface area contributed by atoms with Crippen LogP contribution < -0.4 is 10.6 Å².